The molecule has 9 heteroatoms. The SMILES string of the molecule is Cc1ccccc1C(=O)N[C@H]1Cc2cccc(C(=O)OCOC(=O)C(C)(C)C)c2OB1O. The first-order valence-corrected chi connectivity index (χ1v) is 10.3. The van der Waals surface area contributed by atoms with Gasteiger partial charge in [-0.25, -0.2) is 4.79 Å². The zero-order valence-corrected chi connectivity index (χ0v) is 18.5. The molecular formula is C23H26BNO7. The van der Waals surface area contributed by atoms with Crippen LogP contribution in [0.2, 0.25) is 0 Å². The van der Waals surface area contributed by atoms with Crippen molar-refractivity contribution in [2.75, 3.05) is 6.79 Å². The highest BCUT2D eigenvalue weighted by atomic mass is 16.7. The van der Waals surface area contributed by atoms with Crippen molar-refractivity contribution in [2.45, 2.75) is 40.1 Å². The van der Waals surface area contributed by atoms with E-state index in [1.807, 2.05) is 19.1 Å². The van der Waals surface area contributed by atoms with E-state index in [0.29, 0.717) is 11.1 Å². The highest BCUT2D eigenvalue weighted by Crippen LogP contribution is 2.31. The van der Waals surface area contributed by atoms with Gasteiger partial charge in [0.2, 0.25) is 6.79 Å². The molecule has 32 heavy (non-hydrogen) atoms. The number of amides is 1. The van der Waals surface area contributed by atoms with Gasteiger partial charge in [0, 0.05) is 5.56 Å². The number of esters is 2. The van der Waals surface area contributed by atoms with Gasteiger partial charge in [0.15, 0.2) is 0 Å². The molecule has 3 rings (SSSR count). The fraction of sp³-hybridized carbons (Fsp3) is 0.348. The molecule has 0 aliphatic carbocycles. The van der Waals surface area contributed by atoms with Crippen LogP contribution in [0.5, 0.6) is 5.75 Å². The van der Waals surface area contributed by atoms with Crippen molar-refractivity contribution >= 4 is 25.0 Å². The van der Waals surface area contributed by atoms with Crippen molar-refractivity contribution in [3.05, 3.63) is 64.7 Å². The minimum atomic E-state index is -1.36. The topological polar surface area (TPSA) is 111 Å². The van der Waals surface area contributed by atoms with Gasteiger partial charge in [-0.05, 0) is 57.4 Å². The van der Waals surface area contributed by atoms with E-state index in [-0.39, 0.29) is 23.6 Å². The average molecular weight is 439 g/mol. The molecule has 1 amide bonds. The zero-order valence-electron chi connectivity index (χ0n) is 18.5. The van der Waals surface area contributed by atoms with Gasteiger partial charge in [0.05, 0.1) is 11.4 Å². The van der Waals surface area contributed by atoms with Crippen LogP contribution in [0.15, 0.2) is 42.5 Å². The van der Waals surface area contributed by atoms with E-state index in [4.69, 9.17) is 14.1 Å². The largest absolute Gasteiger partial charge is 0.547 e. The van der Waals surface area contributed by atoms with Gasteiger partial charge in [-0.2, -0.15) is 0 Å². The van der Waals surface area contributed by atoms with Crippen molar-refractivity contribution in [3.8, 4) is 5.75 Å². The number of para-hydroxylation sites is 1. The molecule has 1 aliphatic rings. The summed E-state index contributed by atoms with van der Waals surface area (Å²) in [6.07, 6.45) is 0.258. The summed E-state index contributed by atoms with van der Waals surface area (Å²) in [5, 5.41) is 13.3. The number of hydrogen-bond acceptors (Lipinski definition) is 7. The zero-order chi connectivity index (χ0) is 23.5. The highest BCUT2D eigenvalue weighted by molar-refractivity contribution is 6.47. The molecule has 1 atom stereocenters. The van der Waals surface area contributed by atoms with Crippen molar-refractivity contribution in [2.24, 2.45) is 5.41 Å². The lowest BCUT2D eigenvalue weighted by molar-refractivity contribution is -0.161. The molecule has 0 fully saturated rings. The Bertz CT molecular complexity index is 1030. The Hall–Kier alpha value is -3.33. The van der Waals surface area contributed by atoms with Crippen LogP contribution >= 0.6 is 0 Å². The van der Waals surface area contributed by atoms with Crippen molar-refractivity contribution < 1.29 is 33.5 Å². The molecule has 8 nitrogen and oxygen atoms in total. The molecule has 2 N–H and O–H groups in total. The Morgan fingerprint density at radius 3 is 2.47 bits per heavy atom. The summed E-state index contributed by atoms with van der Waals surface area (Å²) in [6.45, 7) is 6.36. The molecule has 2 aromatic carbocycles. The van der Waals surface area contributed by atoms with E-state index < -0.39 is 37.2 Å². The van der Waals surface area contributed by atoms with E-state index >= 15 is 0 Å². The van der Waals surface area contributed by atoms with E-state index in [9.17, 15) is 19.4 Å². The van der Waals surface area contributed by atoms with Gasteiger partial charge < -0.3 is 24.5 Å². The van der Waals surface area contributed by atoms with Crippen molar-refractivity contribution in [3.63, 3.8) is 0 Å². The highest BCUT2D eigenvalue weighted by Gasteiger charge is 2.38. The van der Waals surface area contributed by atoms with Gasteiger partial charge >= 0.3 is 19.1 Å². The van der Waals surface area contributed by atoms with E-state index in [0.717, 1.165) is 5.56 Å². The first kappa shape index (κ1) is 23.3. The number of fused-ring (bicyclic) bond motifs is 1. The van der Waals surface area contributed by atoms with Crippen LogP contribution < -0.4 is 9.97 Å². The summed E-state index contributed by atoms with van der Waals surface area (Å²) in [4.78, 5) is 36.9. The van der Waals surface area contributed by atoms with Crippen LogP contribution in [0, 0.1) is 12.3 Å². The Morgan fingerprint density at radius 2 is 1.78 bits per heavy atom. The maximum Gasteiger partial charge on any atom is 0.547 e. The second-order valence-corrected chi connectivity index (χ2v) is 8.63. The lowest BCUT2D eigenvalue weighted by atomic mass is 9.72. The molecule has 0 spiro atoms. The Morgan fingerprint density at radius 1 is 1.09 bits per heavy atom. The van der Waals surface area contributed by atoms with Gasteiger partial charge in [0.25, 0.3) is 5.91 Å². The Kier molecular flexibility index (Phi) is 6.88. The molecule has 2 aromatic rings. The number of hydrogen-bond donors (Lipinski definition) is 2. The lowest BCUT2D eigenvalue weighted by Crippen LogP contribution is -2.53. The minimum absolute atomic E-state index is 0.0945. The van der Waals surface area contributed by atoms with Crippen LogP contribution in [0.1, 0.15) is 52.6 Å². The summed E-state index contributed by atoms with van der Waals surface area (Å²) in [5.74, 6) is -2.10. The summed E-state index contributed by atoms with van der Waals surface area (Å²) in [7, 11) is -1.36. The Balaban J connectivity index is 1.68. The predicted octanol–water partition coefficient (Wildman–Crippen LogP) is 2.45. The van der Waals surface area contributed by atoms with Crippen LogP contribution in [-0.4, -0.2) is 42.7 Å². The summed E-state index contributed by atoms with van der Waals surface area (Å²) in [5.41, 5.74) is 1.33. The summed E-state index contributed by atoms with van der Waals surface area (Å²) >= 11 is 0. The van der Waals surface area contributed by atoms with Crippen molar-refractivity contribution in [1.29, 1.82) is 0 Å². The fourth-order valence-corrected chi connectivity index (χ4v) is 3.21. The molecule has 168 valence electrons. The van der Waals surface area contributed by atoms with Crippen LogP contribution in [-0.2, 0) is 20.7 Å². The molecule has 0 saturated heterocycles. The van der Waals surface area contributed by atoms with Gasteiger partial charge in [0.1, 0.15) is 11.3 Å². The van der Waals surface area contributed by atoms with Gasteiger partial charge in [-0.1, -0.05) is 30.3 Å². The van der Waals surface area contributed by atoms with E-state index in [2.05, 4.69) is 5.32 Å². The molecule has 1 heterocycles. The van der Waals surface area contributed by atoms with E-state index in [1.165, 1.54) is 6.07 Å². The number of rotatable bonds is 5. The number of carbonyl (C=O) groups excluding carboxylic acids is 3. The first-order chi connectivity index (χ1) is 15.1. The number of aryl methyl sites for hydroxylation is 1. The van der Waals surface area contributed by atoms with Crippen molar-refractivity contribution in [1.82, 2.24) is 5.32 Å². The smallest absolute Gasteiger partial charge is 0.534 e. The van der Waals surface area contributed by atoms with Gasteiger partial charge in [-0.15, -0.1) is 0 Å². The second-order valence-electron chi connectivity index (χ2n) is 8.63. The fourth-order valence-electron chi connectivity index (χ4n) is 3.21. The monoisotopic (exact) mass is 439 g/mol. The molecule has 0 unspecified atom stereocenters. The second kappa shape index (κ2) is 9.44. The number of nitrogens with one attached hydrogen (secondary N) is 1. The maximum absolute atomic E-state index is 12.6. The minimum Gasteiger partial charge on any atom is -0.534 e. The molecule has 0 aromatic heterocycles. The average Bonchev–Trinajstić information content (AvgIpc) is 2.73. The Labute approximate surface area is 187 Å². The maximum atomic E-state index is 12.6. The molecule has 0 radical (unpaired) electrons. The first-order valence-electron chi connectivity index (χ1n) is 10.3. The quantitative estimate of drug-likeness (QED) is 0.418. The van der Waals surface area contributed by atoms with Crippen LogP contribution in [0.25, 0.3) is 0 Å². The number of ether oxygens (including phenoxy) is 2. The summed E-state index contributed by atoms with van der Waals surface area (Å²) in [6, 6.07) is 12.0. The normalized spacial score (nSPS) is 15.3. The standard InChI is InChI=1S/C23H26BNO7/c1-14-8-5-6-10-16(14)20(26)25-18-12-15-9-7-11-17(19(15)32-24(18)29)21(27)30-13-31-22(28)23(2,3)4/h5-11,18,29H,12-13H2,1-4H3,(H,25,26)/t18-/m0/s1. The number of benzene rings is 2. The van der Waals surface area contributed by atoms with Crippen LogP contribution in [0.4, 0.5) is 0 Å². The molecular weight excluding hydrogens is 413 g/mol. The molecule has 0 bridgehead atoms. The molecule has 1 aliphatic heterocycles. The number of carbonyl (C=O) groups is 3. The predicted molar refractivity (Wildman–Crippen MR) is 117 cm³/mol. The third kappa shape index (κ3) is 5.29. The van der Waals surface area contributed by atoms with Gasteiger partial charge in [-0.3, -0.25) is 9.59 Å². The third-order valence-electron chi connectivity index (χ3n) is 5.04. The molecule has 0 saturated carbocycles. The third-order valence-corrected chi connectivity index (χ3v) is 5.04. The summed E-state index contributed by atoms with van der Waals surface area (Å²) < 4.78 is 15.6. The van der Waals surface area contributed by atoms with E-state index in [1.54, 1.807) is 45.0 Å². The van der Waals surface area contributed by atoms with Crippen LogP contribution in [0.3, 0.4) is 0 Å². The lowest BCUT2D eigenvalue weighted by Gasteiger charge is -2.29.